The third kappa shape index (κ3) is 3.70. The van der Waals surface area contributed by atoms with E-state index in [-0.39, 0.29) is 18.0 Å². The maximum Gasteiger partial charge on any atom is 0.334 e. The zero-order valence-electron chi connectivity index (χ0n) is 15.0. The first kappa shape index (κ1) is 19.9. The fraction of sp³-hybridized carbons (Fsp3) is 0.438. The Labute approximate surface area is 152 Å². The molecule has 0 spiro atoms. The van der Waals surface area contributed by atoms with E-state index in [1.165, 1.54) is 38.4 Å². The van der Waals surface area contributed by atoms with Crippen LogP contribution in [-0.4, -0.2) is 73.7 Å². The highest BCUT2D eigenvalue weighted by Crippen LogP contribution is 2.19. The third-order valence-corrected chi connectivity index (χ3v) is 5.62. The van der Waals surface area contributed by atoms with Crippen LogP contribution < -0.4 is 4.74 Å². The number of rotatable bonds is 7. The number of carbonyl (C=O) groups excluding carboxylic acids is 3. The summed E-state index contributed by atoms with van der Waals surface area (Å²) in [4.78, 5) is 37.7. The van der Waals surface area contributed by atoms with Gasteiger partial charge >= 0.3 is 17.8 Å². The molecule has 1 aliphatic heterocycles. The average molecular weight is 383 g/mol. The molecule has 0 atom stereocenters. The van der Waals surface area contributed by atoms with Gasteiger partial charge < -0.3 is 4.74 Å². The number of benzene rings is 1. The summed E-state index contributed by atoms with van der Waals surface area (Å²) in [6, 6.07) is 4.70. The topological polar surface area (TPSA) is 104 Å². The van der Waals surface area contributed by atoms with Crippen molar-refractivity contribution < 1.29 is 27.5 Å². The van der Waals surface area contributed by atoms with Crippen molar-refractivity contribution in [2.75, 3.05) is 27.2 Å². The van der Waals surface area contributed by atoms with E-state index >= 15 is 0 Å². The number of nitrogens with zero attached hydrogens (tertiary/aromatic N) is 3. The fourth-order valence-electron chi connectivity index (χ4n) is 2.35. The number of hydrogen-bond acceptors (Lipinski definition) is 6. The lowest BCUT2D eigenvalue weighted by Gasteiger charge is -2.18. The Kier molecular flexibility index (Phi) is 5.67. The zero-order valence-corrected chi connectivity index (χ0v) is 15.8. The van der Waals surface area contributed by atoms with Crippen LogP contribution in [0.1, 0.15) is 13.8 Å². The molecule has 1 saturated heterocycles. The number of imide groups is 2. The second kappa shape index (κ2) is 7.42. The van der Waals surface area contributed by atoms with Crippen LogP contribution >= 0.6 is 0 Å². The van der Waals surface area contributed by atoms with Crippen molar-refractivity contribution in [1.29, 1.82) is 0 Å². The summed E-state index contributed by atoms with van der Waals surface area (Å²) in [7, 11) is -0.653. The predicted octanol–water partition coefficient (Wildman–Crippen LogP) is 0.515. The van der Waals surface area contributed by atoms with Gasteiger partial charge in [0, 0.05) is 20.1 Å². The molecule has 10 heteroatoms. The van der Waals surface area contributed by atoms with Gasteiger partial charge in [-0.25, -0.2) is 17.5 Å². The quantitative estimate of drug-likeness (QED) is 0.502. The largest absolute Gasteiger partial charge is 0.492 e. The van der Waals surface area contributed by atoms with E-state index in [1.807, 2.05) is 0 Å². The highest BCUT2D eigenvalue weighted by molar-refractivity contribution is 7.89. The monoisotopic (exact) mass is 383 g/mol. The number of sulfonamides is 1. The minimum Gasteiger partial charge on any atom is -0.492 e. The molecular formula is C16H21N3O6S. The minimum atomic E-state index is -3.53. The van der Waals surface area contributed by atoms with E-state index in [1.54, 1.807) is 13.8 Å². The minimum absolute atomic E-state index is 0.0174. The molecule has 1 fully saturated rings. The summed E-state index contributed by atoms with van der Waals surface area (Å²) in [5, 5.41) is 0. The molecule has 0 aromatic heterocycles. The highest BCUT2D eigenvalue weighted by Gasteiger charge is 2.45. The van der Waals surface area contributed by atoms with Crippen LogP contribution in [-0.2, 0) is 19.6 Å². The maximum atomic E-state index is 12.1. The van der Waals surface area contributed by atoms with E-state index in [0.717, 1.165) is 14.1 Å². The van der Waals surface area contributed by atoms with Crippen molar-refractivity contribution in [2.24, 2.45) is 0 Å². The average Bonchev–Trinajstić information content (AvgIpc) is 2.78. The predicted molar refractivity (Wildman–Crippen MR) is 91.9 cm³/mol. The number of urea groups is 1. The molecule has 0 unspecified atom stereocenters. The van der Waals surface area contributed by atoms with Crippen molar-refractivity contribution in [1.82, 2.24) is 14.1 Å². The summed E-state index contributed by atoms with van der Waals surface area (Å²) in [6.45, 7) is 3.19. The second-order valence-electron chi connectivity index (χ2n) is 6.12. The van der Waals surface area contributed by atoms with Gasteiger partial charge in [0.1, 0.15) is 12.4 Å². The maximum absolute atomic E-state index is 12.1. The first-order valence-electron chi connectivity index (χ1n) is 7.91. The van der Waals surface area contributed by atoms with E-state index in [4.69, 9.17) is 4.74 Å². The van der Waals surface area contributed by atoms with Gasteiger partial charge in [-0.3, -0.25) is 19.4 Å². The zero-order chi connectivity index (χ0) is 19.6. The molecule has 0 saturated carbocycles. The van der Waals surface area contributed by atoms with Gasteiger partial charge in [0.2, 0.25) is 10.0 Å². The summed E-state index contributed by atoms with van der Waals surface area (Å²) in [6.07, 6.45) is 0. The number of carbonyl (C=O) groups is 3. The Balaban J connectivity index is 1.97. The first-order chi connectivity index (χ1) is 12.1. The second-order valence-corrected chi connectivity index (χ2v) is 8.27. The molecule has 0 radical (unpaired) electrons. The van der Waals surface area contributed by atoms with Crippen LogP contribution in [0.2, 0.25) is 0 Å². The summed E-state index contributed by atoms with van der Waals surface area (Å²) in [5.41, 5.74) is 0. The van der Waals surface area contributed by atoms with Crippen LogP contribution in [0.25, 0.3) is 0 Å². The van der Waals surface area contributed by atoms with Crippen LogP contribution in [0.15, 0.2) is 29.2 Å². The SMILES string of the molecule is CC(C)N1C(=O)C(=O)N(CCOc2ccc(S(=O)(=O)N(C)C)cc2)C1=O. The molecule has 1 aromatic rings. The van der Waals surface area contributed by atoms with E-state index in [9.17, 15) is 22.8 Å². The van der Waals surface area contributed by atoms with Gasteiger partial charge in [-0.15, -0.1) is 0 Å². The van der Waals surface area contributed by atoms with Crippen LogP contribution in [0.3, 0.4) is 0 Å². The molecular weight excluding hydrogens is 362 g/mol. The Hall–Kier alpha value is -2.46. The van der Waals surface area contributed by atoms with E-state index < -0.39 is 33.9 Å². The van der Waals surface area contributed by atoms with Gasteiger partial charge in [-0.05, 0) is 38.1 Å². The molecule has 1 heterocycles. The molecule has 0 aliphatic carbocycles. The smallest absolute Gasteiger partial charge is 0.334 e. The van der Waals surface area contributed by atoms with E-state index in [0.29, 0.717) is 5.75 Å². The van der Waals surface area contributed by atoms with Crippen LogP contribution in [0.4, 0.5) is 4.79 Å². The van der Waals surface area contributed by atoms with Crippen molar-refractivity contribution in [3.05, 3.63) is 24.3 Å². The molecule has 0 N–H and O–H groups in total. The molecule has 142 valence electrons. The van der Waals surface area contributed by atoms with Crippen molar-refractivity contribution >= 4 is 27.9 Å². The molecule has 26 heavy (non-hydrogen) atoms. The van der Waals surface area contributed by atoms with Crippen LogP contribution in [0.5, 0.6) is 5.75 Å². The highest BCUT2D eigenvalue weighted by atomic mass is 32.2. The molecule has 0 bridgehead atoms. The van der Waals surface area contributed by atoms with Gasteiger partial charge in [0.25, 0.3) is 0 Å². The first-order valence-corrected chi connectivity index (χ1v) is 9.35. The lowest BCUT2D eigenvalue weighted by atomic mass is 10.3. The summed E-state index contributed by atoms with van der Waals surface area (Å²) >= 11 is 0. The Bertz CT molecular complexity index is 817. The Morgan fingerprint density at radius 2 is 1.62 bits per heavy atom. The van der Waals surface area contributed by atoms with Gasteiger partial charge in [0.05, 0.1) is 11.4 Å². The molecule has 4 amide bonds. The van der Waals surface area contributed by atoms with Crippen molar-refractivity contribution in [2.45, 2.75) is 24.8 Å². The third-order valence-electron chi connectivity index (χ3n) is 3.79. The fourth-order valence-corrected chi connectivity index (χ4v) is 3.25. The summed E-state index contributed by atoms with van der Waals surface area (Å²) in [5.74, 6) is -1.34. The van der Waals surface area contributed by atoms with Gasteiger partial charge in [-0.1, -0.05) is 0 Å². The lowest BCUT2D eigenvalue weighted by molar-refractivity contribution is -0.143. The van der Waals surface area contributed by atoms with E-state index in [2.05, 4.69) is 0 Å². The van der Waals surface area contributed by atoms with Gasteiger partial charge in [-0.2, -0.15) is 0 Å². The molecule has 1 aromatic carbocycles. The lowest BCUT2D eigenvalue weighted by Crippen LogP contribution is -2.39. The van der Waals surface area contributed by atoms with Crippen LogP contribution in [0, 0.1) is 0 Å². The molecule has 1 aliphatic rings. The number of ether oxygens (including phenoxy) is 1. The standard InChI is InChI=1S/C16H21N3O6S/c1-11(2)19-15(21)14(20)18(16(19)22)9-10-25-12-5-7-13(8-6-12)26(23,24)17(3)4/h5-8,11H,9-10H2,1-4H3. The number of hydrogen-bond donors (Lipinski definition) is 0. The van der Waals surface area contributed by atoms with Gasteiger partial charge in [0.15, 0.2) is 0 Å². The summed E-state index contributed by atoms with van der Waals surface area (Å²) < 4.78 is 30.5. The normalized spacial score (nSPS) is 15.5. The number of amides is 4. The van der Waals surface area contributed by atoms with Crippen molar-refractivity contribution in [3.8, 4) is 5.75 Å². The Morgan fingerprint density at radius 1 is 1.04 bits per heavy atom. The van der Waals surface area contributed by atoms with Crippen molar-refractivity contribution in [3.63, 3.8) is 0 Å². The Morgan fingerprint density at radius 3 is 2.08 bits per heavy atom. The molecule has 9 nitrogen and oxygen atoms in total. The molecule has 2 rings (SSSR count).